The zero-order valence-corrected chi connectivity index (χ0v) is 13.0. The van der Waals surface area contributed by atoms with Crippen LogP contribution >= 0.6 is 22.9 Å². The van der Waals surface area contributed by atoms with Crippen molar-refractivity contribution in [2.75, 3.05) is 33.0 Å². The Morgan fingerprint density at radius 3 is 2.95 bits per heavy atom. The van der Waals surface area contributed by atoms with Crippen LogP contribution in [0.1, 0.15) is 28.9 Å². The van der Waals surface area contributed by atoms with Gasteiger partial charge < -0.3 is 14.8 Å². The lowest BCUT2D eigenvalue weighted by Crippen LogP contribution is -2.25. The fourth-order valence-electron chi connectivity index (χ4n) is 2.06. The molecule has 1 aliphatic heterocycles. The molecule has 1 saturated heterocycles. The van der Waals surface area contributed by atoms with Gasteiger partial charge in [-0.05, 0) is 37.3 Å². The molecule has 6 heteroatoms. The third kappa shape index (κ3) is 5.40. The van der Waals surface area contributed by atoms with Crippen LogP contribution in [-0.4, -0.2) is 38.9 Å². The third-order valence-electron chi connectivity index (χ3n) is 3.24. The van der Waals surface area contributed by atoms with Crippen LogP contribution in [0.4, 0.5) is 0 Å². The molecule has 0 aromatic carbocycles. The van der Waals surface area contributed by atoms with Gasteiger partial charge in [0.2, 0.25) is 0 Å². The third-order valence-corrected chi connectivity index (χ3v) is 4.47. The van der Waals surface area contributed by atoms with E-state index >= 15 is 0 Å². The Kier molecular flexibility index (Phi) is 6.79. The second-order valence-corrected chi connectivity index (χ2v) is 6.56. The Morgan fingerprint density at radius 1 is 1.45 bits per heavy atom. The van der Waals surface area contributed by atoms with E-state index in [1.165, 1.54) is 11.3 Å². The number of ether oxygens (including phenoxy) is 2. The van der Waals surface area contributed by atoms with Crippen LogP contribution in [-0.2, 0) is 9.47 Å². The van der Waals surface area contributed by atoms with E-state index in [0.717, 1.165) is 39.1 Å². The molecule has 2 heterocycles. The van der Waals surface area contributed by atoms with Crippen molar-refractivity contribution >= 4 is 28.8 Å². The van der Waals surface area contributed by atoms with Crippen LogP contribution in [0.3, 0.4) is 0 Å². The number of amides is 1. The number of hydrogen-bond donors (Lipinski definition) is 1. The highest BCUT2D eigenvalue weighted by molar-refractivity contribution is 7.17. The fourth-order valence-corrected chi connectivity index (χ4v) is 3.02. The first-order valence-electron chi connectivity index (χ1n) is 6.95. The van der Waals surface area contributed by atoms with Gasteiger partial charge >= 0.3 is 0 Å². The normalized spacial score (nSPS) is 16.2. The van der Waals surface area contributed by atoms with Crippen molar-refractivity contribution in [2.45, 2.75) is 19.3 Å². The largest absolute Gasteiger partial charge is 0.381 e. The molecule has 0 unspecified atom stereocenters. The molecular weight excluding hydrogens is 298 g/mol. The lowest BCUT2D eigenvalue weighted by Gasteiger charge is -2.21. The zero-order valence-electron chi connectivity index (χ0n) is 11.4. The van der Waals surface area contributed by atoms with E-state index in [1.807, 2.05) is 0 Å². The smallest absolute Gasteiger partial charge is 0.261 e. The average Bonchev–Trinajstić information content (AvgIpc) is 2.90. The van der Waals surface area contributed by atoms with E-state index in [1.54, 1.807) is 12.1 Å². The van der Waals surface area contributed by atoms with Crippen LogP contribution in [0, 0.1) is 5.92 Å². The highest BCUT2D eigenvalue weighted by atomic mass is 35.5. The maximum atomic E-state index is 11.7. The first-order valence-corrected chi connectivity index (χ1v) is 8.14. The lowest BCUT2D eigenvalue weighted by molar-refractivity contribution is 0.0202. The highest BCUT2D eigenvalue weighted by Crippen LogP contribution is 2.21. The molecular formula is C14H20ClNO3S. The number of thiophene rings is 1. The van der Waals surface area contributed by atoms with Gasteiger partial charge in [0.25, 0.3) is 5.91 Å². The lowest BCUT2D eigenvalue weighted by atomic mass is 10.0. The molecule has 1 fully saturated rings. The maximum absolute atomic E-state index is 11.7. The van der Waals surface area contributed by atoms with Crippen molar-refractivity contribution in [3.63, 3.8) is 0 Å². The summed E-state index contributed by atoms with van der Waals surface area (Å²) < 4.78 is 11.6. The van der Waals surface area contributed by atoms with Gasteiger partial charge in [0.15, 0.2) is 0 Å². The molecule has 0 radical (unpaired) electrons. The van der Waals surface area contributed by atoms with E-state index < -0.39 is 0 Å². The van der Waals surface area contributed by atoms with Crippen molar-refractivity contribution in [3.05, 3.63) is 21.3 Å². The number of rotatable bonds is 7. The summed E-state index contributed by atoms with van der Waals surface area (Å²) in [5, 5.41) is 2.86. The van der Waals surface area contributed by atoms with Gasteiger partial charge in [-0.25, -0.2) is 0 Å². The average molecular weight is 318 g/mol. The van der Waals surface area contributed by atoms with Crippen LogP contribution in [0.15, 0.2) is 12.1 Å². The number of hydrogen-bond acceptors (Lipinski definition) is 4. The molecule has 0 atom stereocenters. The van der Waals surface area contributed by atoms with Crippen LogP contribution in [0.5, 0.6) is 0 Å². The van der Waals surface area contributed by atoms with Crippen LogP contribution in [0.25, 0.3) is 0 Å². The van der Waals surface area contributed by atoms with Gasteiger partial charge in [-0.3, -0.25) is 4.79 Å². The minimum absolute atomic E-state index is 0.0636. The van der Waals surface area contributed by atoms with E-state index in [2.05, 4.69) is 5.32 Å². The van der Waals surface area contributed by atoms with E-state index in [9.17, 15) is 4.79 Å². The van der Waals surface area contributed by atoms with Crippen molar-refractivity contribution in [3.8, 4) is 0 Å². The van der Waals surface area contributed by atoms with Gasteiger partial charge in [-0.2, -0.15) is 0 Å². The van der Waals surface area contributed by atoms with Gasteiger partial charge in [-0.1, -0.05) is 11.6 Å². The first-order chi connectivity index (χ1) is 9.75. The molecule has 1 aromatic rings. The SMILES string of the molecule is O=C(NCCCOCC1CCOCC1)c1ccc(Cl)s1. The van der Waals surface area contributed by atoms with E-state index in [4.69, 9.17) is 21.1 Å². The molecule has 1 N–H and O–H groups in total. The molecule has 2 rings (SSSR count). The number of carbonyl (C=O) groups is 1. The number of carbonyl (C=O) groups excluding carboxylic acids is 1. The molecule has 0 aliphatic carbocycles. The topological polar surface area (TPSA) is 47.6 Å². The summed E-state index contributed by atoms with van der Waals surface area (Å²) in [6, 6.07) is 3.47. The highest BCUT2D eigenvalue weighted by Gasteiger charge is 2.13. The minimum atomic E-state index is -0.0636. The molecule has 1 amide bonds. The van der Waals surface area contributed by atoms with E-state index in [-0.39, 0.29) is 5.91 Å². The van der Waals surface area contributed by atoms with Gasteiger partial charge in [0, 0.05) is 33.0 Å². The zero-order chi connectivity index (χ0) is 14.2. The monoisotopic (exact) mass is 317 g/mol. The van der Waals surface area contributed by atoms with Crippen molar-refractivity contribution in [1.82, 2.24) is 5.32 Å². The number of nitrogens with one attached hydrogen (secondary N) is 1. The quantitative estimate of drug-likeness (QED) is 0.787. The molecule has 112 valence electrons. The predicted octanol–water partition coefficient (Wildman–Crippen LogP) is 2.96. The summed E-state index contributed by atoms with van der Waals surface area (Å²) in [6.45, 7) is 3.82. The van der Waals surface area contributed by atoms with Gasteiger partial charge in [-0.15, -0.1) is 11.3 Å². The van der Waals surface area contributed by atoms with Gasteiger partial charge in [0.1, 0.15) is 0 Å². The Bertz CT molecular complexity index is 418. The molecule has 0 spiro atoms. The van der Waals surface area contributed by atoms with Crippen LogP contribution < -0.4 is 5.32 Å². The maximum Gasteiger partial charge on any atom is 0.261 e. The standard InChI is InChI=1S/C14H20ClNO3S/c15-13-3-2-12(20-13)14(17)16-6-1-7-19-10-11-4-8-18-9-5-11/h2-3,11H,1,4-10H2,(H,16,17). The summed E-state index contributed by atoms with van der Waals surface area (Å²) in [6.07, 6.45) is 3.01. The van der Waals surface area contributed by atoms with Crippen molar-refractivity contribution < 1.29 is 14.3 Å². The van der Waals surface area contributed by atoms with Crippen molar-refractivity contribution in [1.29, 1.82) is 0 Å². The Balaban J connectivity index is 1.50. The molecule has 1 aromatic heterocycles. The van der Waals surface area contributed by atoms with Gasteiger partial charge in [0.05, 0.1) is 9.21 Å². The Labute approximate surface area is 128 Å². The Morgan fingerprint density at radius 2 is 2.25 bits per heavy atom. The van der Waals surface area contributed by atoms with E-state index in [0.29, 0.717) is 28.3 Å². The fraction of sp³-hybridized carbons (Fsp3) is 0.643. The number of halogens is 1. The minimum Gasteiger partial charge on any atom is -0.381 e. The second-order valence-electron chi connectivity index (χ2n) is 4.84. The first kappa shape index (κ1) is 15.8. The molecule has 0 saturated carbocycles. The predicted molar refractivity (Wildman–Crippen MR) is 80.6 cm³/mol. The summed E-state index contributed by atoms with van der Waals surface area (Å²) in [7, 11) is 0. The second kappa shape index (κ2) is 8.62. The molecule has 0 bridgehead atoms. The molecule has 1 aliphatic rings. The van der Waals surface area contributed by atoms with Crippen molar-refractivity contribution in [2.24, 2.45) is 5.92 Å². The summed E-state index contributed by atoms with van der Waals surface area (Å²) in [4.78, 5) is 12.4. The summed E-state index contributed by atoms with van der Waals surface area (Å²) >= 11 is 7.08. The summed E-state index contributed by atoms with van der Waals surface area (Å²) in [5.41, 5.74) is 0. The molecule has 20 heavy (non-hydrogen) atoms. The van der Waals surface area contributed by atoms with Crippen LogP contribution in [0.2, 0.25) is 4.34 Å². The molecule has 4 nitrogen and oxygen atoms in total. The summed E-state index contributed by atoms with van der Waals surface area (Å²) in [5.74, 6) is 0.568. The Hall–Kier alpha value is -0.620.